The van der Waals surface area contributed by atoms with Gasteiger partial charge in [-0.1, -0.05) is 18.2 Å². The highest BCUT2D eigenvalue weighted by atomic mass is 19.1. The average molecular weight is 322 g/mol. The lowest BCUT2D eigenvalue weighted by Crippen LogP contribution is -2.29. The lowest BCUT2D eigenvalue weighted by Gasteiger charge is -2.15. The van der Waals surface area contributed by atoms with Gasteiger partial charge < -0.3 is 5.32 Å². The highest BCUT2D eigenvalue weighted by molar-refractivity contribution is 6.00. The Morgan fingerprint density at radius 3 is 2.71 bits per heavy atom. The molecular formula is C18H15FN4O. The molecule has 1 amide bonds. The Hall–Kier alpha value is -3.02. The number of pyridine rings is 1. The minimum atomic E-state index is -0.774. The van der Waals surface area contributed by atoms with E-state index in [1.54, 1.807) is 47.5 Å². The van der Waals surface area contributed by atoms with Crippen molar-refractivity contribution in [3.8, 4) is 5.69 Å². The maximum absolute atomic E-state index is 14.0. The molecule has 1 aliphatic carbocycles. The van der Waals surface area contributed by atoms with Crippen LogP contribution < -0.4 is 5.32 Å². The summed E-state index contributed by atoms with van der Waals surface area (Å²) in [6.07, 6.45) is 6.39. The summed E-state index contributed by atoms with van der Waals surface area (Å²) >= 11 is 0. The van der Waals surface area contributed by atoms with Crippen molar-refractivity contribution < 1.29 is 9.18 Å². The predicted molar refractivity (Wildman–Crippen MR) is 87.3 cm³/mol. The van der Waals surface area contributed by atoms with Gasteiger partial charge in [0.05, 0.1) is 17.3 Å². The summed E-state index contributed by atoms with van der Waals surface area (Å²) in [5, 5.41) is 7.13. The third kappa shape index (κ3) is 2.46. The topological polar surface area (TPSA) is 59.8 Å². The molecule has 6 heteroatoms. The van der Waals surface area contributed by atoms with Crippen molar-refractivity contribution in [3.63, 3.8) is 0 Å². The number of anilines is 1. The zero-order valence-electron chi connectivity index (χ0n) is 12.8. The SMILES string of the molecule is O=C(Nc1ccn(-c2cccnc2)n1)C1(c2ccccc2F)CC1. The van der Waals surface area contributed by atoms with Gasteiger partial charge in [-0.3, -0.25) is 9.78 Å². The predicted octanol–water partition coefficient (Wildman–Crippen LogP) is 3.08. The largest absolute Gasteiger partial charge is 0.308 e. The molecule has 2 aromatic heterocycles. The van der Waals surface area contributed by atoms with Crippen LogP contribution >= 0.6 is 0 Å². The number of nitrogens with zero attached hydrogens (tertiary/aromatic N) is 3. The molecule has 1 N–H and O–H groups in total. The highest BCUT2D eigenvalue weighted by Crippen LogP contribution is 2.49. The highest BCUT2D eigenvalue weighted by Gasteiger charge is 2.52. The van der Waals surface area contributed by atoms with Gasteiger partial charge in [0.2, 0.25) is 5.91 Å². The monoisotopic (exact) mass is 322 g/mol. The van der Waals surface area contributed by atoms with E-state index < -0.39 is 5.41 Å². The fourth-order valence-electron chi connectivity index (χ4n) is 2.85. The molecule has 3 aromatic rings. The van der Waals surface area contributed by atoms with Crippen molar-refractivity contribution in [2.45, 2.75) is 18.3 Å². The lowest BCUT2D eigenvalue weighted by molar-refractivity contribution is -0.118. The van der Waals surface area contributed by atoms with E-state index in [4.69, 9.17) is 0 Å². The van der Waals surface area contributed by atoms with Crippen LogP contribution in [0.2, 0.25) is 0 Å². The second-order valence-corrected chi connectivity index (χ2v) is 5.87. The van der Waals surface area contributed by atoms with Crippen molar-refractivity contribution in [2.24, 2.45) is 0 Å². The maximum atomic E-state index is 14.0. The van der Waals surface area contributed by atoms with Crippen LogP contribution in [0.3, 0.4) is 0 Å². The summed E-state index contributed by atoms with van der Waals surface area (Å²) in [5.41, 5.74) is 0.478. The Bertz CT molecular complexity index is 887. The molecule has 1 aromatic carbocycles. The number of hydrogen-bond donors (Lipinski definition) is 1. The third-order valence-electron chi connectivity index (χ3n) is 4.32. The zero-order valence-corrected chi connectivity index (χ0v) is 12.8. The van der Waals surface area contributed by atoms with Crippen LogP contribution in [0.15, 0.2) is 61.1 Å². The van der Waals surface area contributed by atoms with Gasteiger partial charge in [0.1, 0.15) is 5.82 Å². The summed E-state index contributed by atoms with van der Waals surface area (Å²) in [5.74, 6) is -0.124. The first-order valence-electron chi connectivity index (χ1n) is 7.72. The van der Waals surface area contributed by atoms with Gasteiger partial charge in [0, 0.05) is 24.0 Å². The fourth-order valence-corrected chi connectivity index (χ4v) is 2.85. The molecule has 24 heavy (non-hydrogen) atoms. The van der Waals surface area contributed by atoms with Crippen LogP contribution in [-0.4, -0.2) is 20.7 Å². The van der Waals surface area contributed by atoms with Crippen molar-refractivity contribution in [1.82, 2.24) is 14.8 Å². The smallest absolute Gasteiger partial charge is 0.236 e. The number of benzene rings is 1. The van der Waals surface area contributed by atoms with Gasteiger partial charge in [0.25, 0.3) is 0 Å². The van der Waals surface area contributed by atoms with E-state index in [0.29, 0.717) is 24.2 Å². The molecule has 0 spiro atoms. The molecule has 0 aliphatic heterocycles. The molecule has 120 valence electrons. The molecular weight excluding hydrogens is 307 g/mol. The van der Waals surface area contributed by atoms with Gasteiger partial charge in [-0.25, -0.2) is 9.07 Å². The van der Waals surface area contributed by atoms with Gasteiger partial charge in [-0.2, -0.15) is 5.10 Å². The molecule has 1 saturated carbocycles. The second-order valence-electron chi connectivity index (χ2n) is 5.87. The standard InChI is InChI=1S/C18H15FN4O/c19-15-6-2-1-5-14(15)18(8-9-18)17(24)21-16-7-11-23(22-16)13-4-3-10-20-12-13/h1-7,10-12H,8-9H2,(H,21,22,24). The molecule has 0 saturated heterocycles. The average Bonchev–Trinajstić information content (AvgIpc) is 3.29. The van der Waals surface area contributed by atoms with E-state index in [-0.39, 0.29) is 11.7 Å². The number of halogens is 1. The molecule has 4 rings (SSSR count). The van der Waals surface area contributed by atoms with Crippen LogP contribution in [-0.2, 0) is 10.2 Å². The van der Waals surface area contributed by atoms with Crippen molar-refractivity contribution >= 4 is 11.7 Å². The quantitative estimate of drug-likeness (QED) is 0.803. The third-order valence-corrected chi connectivity index (χ3v) is 4.32. The van der Waals surface area contributed by atoms with Crippen LogP contribution in [0.4, 0.5) is 10.2 Å². The number of aromatic nitrogens is 3. The lowest BCUT2D eigenvalue weighted by atomic mass is 9.94. The summed E-state index contributed by atoms with van der Waals surface area (Å²) in [6.45, 7) is 0. The molecule has 0 radical (unpaired) electrons. The first kappa shape index (κ1) is 14.6. The van der Waals surface area contributed by atoms with E-state index in [1.807, 2.05) is 12.1 Å². The number of carbonyl (C=O) groups excluding carboxylic acids is 1. The second kappa shape index (κ2) is 5.56. The molecule has 0 atom stereocenters. The minimum Gasteiger partial charge on any atom is -0.308 e. The van der Waals surface area contributed by atoms with Crippen LogP contribution in [0.5, 0.6) is 0 Å². The van der Waals surface area contributed by atoms with Gasteiger partial charge >= 0.3 is 0 Å². The summed E-state index contributed by atoms with van der Waals surface area (Å²) in [4.78, 5) is 16.7. The first-order valence-corrected chi connectivity index (χ1v) is 7.72. The van der Waals surface area contributed by atoms with E-state index >= 15 is 0 Å². The Labute approximate surface area is 138 Å². The Morgan fingerprint density at radius 1 is 1.17 bits per heavy atom. The number of carbonyl (C=O) groups is 1. The van der Waals surface area contributed by atoms with E-state index in [0.717, 1.165) is 5.69 Å². The zero-order chi connectivity index (χ0) is 16.6. The minimum absolute atomic E-state index is 0.218. The summed E-state index contributed by atoms with van der Waals surface area (Å²) in [6, 6.07) is 11.8. The first-order chi connectivity index (χ1) is 11.7. The van der Waals surface area contributed by atoms with Crippen molar-refractivity contribution in [1.29, 1.82) is 0 Å². The number of hydrogen-bond acceptors (Lipinski definition) is 3. The van der Waals surface area contributed by atoms with E-state index in [9.17, 15) is 9.18 Å². The Kier molecular flexibility index (Phi) is 3.37. The summed E-state index contributed by atoms with van der Waals surface area (Å²) in [7, 11) is 0. The molecule has 0 bridgehead atoms. The number of rotatable bonds is 4. The van der Waals surface area contributed by atoms with Crippen molar-refractivity contribution in [2.75, 3.05) is 5.32 Å². The molecule has 1 aliphatic rings. The van der Waals surface area contributed by atoms with E-state index in [1.165, 1.54) is 6.07 Å². The van der Waals surface area contributed by atoms with Crippen LogP contribution in [0, 0.1) is 5.82 Å². The van der Waals surface area contributed by atoms with E-state index in [2.05, 4.69) is 15.4 Å². The van der Waals surface area contributed by atoms with Crippen molar-refractivity contribution in [3.05, 3.63) is 72.4 Å². The number of amides is 1. The van der Waals surface area contributed by atoms with Crippen LogP contribution in [0.25, 0.3) is 5.69 Å². The Balaban J connectivity index is 1.55. The van der Waals surface area contributed by atoms with Gasteiger partial charge in [0.15, 0.2) is 5.82 Å². The molecule has 0 unspecified atom stereocenters. The summed E-state index contributed by atoms with van der Waals surface area (Å²) < 4.78 is 15.7. The van der Waals surface area contributed by atoms with Gasteiger partial charge in [-0.05, 0) is 31.0 Å². The molecule has 5 nitrogen and oxygen atoms in total. The van der Waals surface area contributed by atoms with Gasteiger partial charge in [-0.15, -0.1) is 0 Å². The Morgan fingerprint density at radius 2 is 2.00 bits per heavy atom. The van der Waals surface area contributed by atoms with Crippen LogP contribution in [0.1, 0.15) is 18.4 Å². The normalized spacial score (nSPS) is 15.0. The molecule has 1 fully saturated rings. The molecule has 2 heterocycles. The maximum Gasteiger partial charge on any atom is 0.236 e. The number of nitrogens with one attached hydrogen (secondary N) is 1. The fraction of sp³-hybridized carbons (Fsp3) is 0.167.